The normalized spacial score (nSPS) is 14.0. The van der Waals surface area contributed by atoms with Crippen molar-refractivity contribution in [3.8, 4) is 0 Å². The molecule has 0 N–H and O–H groups in total. The zero-order valence-electron chi connectivity index (χ0n) is 33.0. The minimum atomic E-state index is -4.38. The number of quaternary nitrogens is 1. The minimum absolute atomic E-state index is 0.0670. The number of unbranched alkanes of at least 4 members (excludes halogenated alkanes) is 26. The summed E-state index contributed by atoms with van der Waals surface area (Å²) in [6.07, 6.45) is 36.7. The van der Waals surface area contributed by atoms with Gasteiger partial charge >= 0.3 is 0 Å². The summed E-state index contributed by atoms with van der Waals surface area (Å²) in [5.41, 5.74) is 0. The van der Waals surface area contributed by atoms with E-state index in [0.29, 0.717) is 30.8 Å². The number of ether oxygens (including phenoxy) is 2. The fourth-order valence-electron chi connectivity index (χ4n) is 5.94. The number of phosphoric acid groups is 1. The van der Waals surface area contributed by atoms with E-state index in [1.165, 1.54) is 161 Å². The molecule has 0 saturated carbocycles. The van der Waals surface area contributed by atoms with Crippen molar-refractivity contribution >= 4 is 7.82 Å². The topological polar surface area (TPSA) is 77.1 Å². The number of hydrogen-bond donors (Lipinski definition) is 0. The highest BCUT2D eigenvalue weighted by Crippen LogP contribution is 2.38. The second-order valence-corrected chi connectivity index (χ2v) is 16.8. The van der Waals surface area contributed by atoms with Crippen molar-refractivity contribution in [1.29, 1.82) is 0 Å². The highest BCUT2D eigenvalue weighted by molar-refractivity contribution is 7.45. The molecular weight excluding hydrogens is 621 g/mol. The van der Waals surface area contributed by atoms with Gasteiger partial charge in [0.25, 0.3) is 7.82 Å². The molecule has 0 rings (SSSR count). The predicted molar refractivity (Wildman–Crippen MR) is 204 cm³/mol. The van der Waals surface area contributed by atoms with E-state index in [2.05, 4.69) is 13.8 Å². The molecule has 2 atom stereocenters. The van der Waals surface area contributed by atoms with Gasteiger partial charge in [-0.25, -0.2) is 0 Å². The number of phosphoric ester groups is 1. The van der Waals surface area contributed by atoms with Gasteiger partial charge < -0.3 is 27.9 Å². The first kappa shape index (κ1) is 48.0. The summed E-state index contributed by atoms with van der Waals surface area (Å²) in [5, 5.41) is 0. The van der Waals surface area contributed by atoms with Gasteiger partial charge in [-0.05, 0) is 12.8 Å². The van der Waals surface area contributed by atoms with Crippen LogP contribution in [0.1, 0.15) is 194 Å². The molecule has 0 fully saturated rings. The molecule has 0 heterocycles. The molecule has 0 aromatic rings. The van der Waals surface area contributed by atoms with E-state index in [4.69, 9.17) is 18.5 Å². The van der Waals surface area contributed by atoms with E-state index in [1.54, 1.807) is 0 Å². The average molecular weight is 706 g/mol. The van der Waals surface area contributed by atoms with Gasteiger partial charge in [-0.15, -0.1) is 0 Å². The molecule has 8 heteroatoms. The zero-order valence-corrected chi connectivity index (χ0v) is 33.9. The van der Waals surface area contributed by atoms with Gasteiger partial charge in [-0.1, -0.05) is 181 Å². The molecule has 0 aromatic carbocycles. The van der Waals surface area contributed by atoms with Crippen LogP contribution in [0.5, 0.6) is 0 Å². The molecule has 0 radical (unpaired) electrons. The van der Waals surface area contributed by atoms with E-state index in [-0.39, 0.29) is 13.2 Å². The van der Waals surface area contributed by atoms with Gasteiger partial charge in [-0.2, -0.15) is 0 Å². The summed E-state index contributed by atoms with van der Waals surface area (Å²) in [5.74, 6) is 0. The van der Waals surface area contributed by atoms with Crippen LogP contribution in [0.25, 0.3) is 0 Å². The fraction of sp³-hybridized carbons (Fsp3) is 1.00. The SMILES string of the molecule is CCCCCCCCCCCCCCCCCCOC(COCCCCCCCCCCCCCC)COP(=O)([O-])OCC[N+](C)(C)C. The molecule has 0 saturated heterocycles. The molecule has 0 bridgehead atoms. The molecule has 0 aromatic heterocycles. The molecule has 2 unspecified atom stereocenters. The molecule has 0 amide bonds. The van der Waals surface area contributed by atoms with Crippen LogP contribution in [-0.2, 0) is 23.1 Å². The molecule has 0 aliphatic carbocycles. The summed E-state index contributed by atoms with van der Waals surface area (Å²) in [6.45, 7) is 6.78. The maximum Gasteiger partial charge on any atom is 0.268 e. The van der Waals surface area contributed by atoms with E-state index in [9.17, 15) is 9.46 Å². The Bertz CT molecular complexity index is 689. The number of nitrogens with zero attached hydrogens (tertiary/aromatic N) is 1. The predicted octanol–water partition coefficient (Wildman–Crippen LogP) is 11.6. The maximum absolute atomic E-state index is 12.3. The van der Waals surface area contributed by atoms with Gasteiger partial charge in [0, 0.05) is 13.2 Å². The standard InChI is InChI=1S/C40H84NO6P/c1-6-8-10-12-14-16-18-20-21-22-23-25-27-29-31-33-36-45-40(39-47-48(42,43)46-37-34-41(3,4)5)38-44-35-32-30-28-26-24-19-17-15-13-11-9-7-2/h40H,6-39H2,1-5H3. The first-order valence-electron chi connectivity index (χ1n) is 20.8. The number of likely N-dealkylation sites (N-methyl/N-ethyl adjacent to an activating group) is 1. The molecule has 0 aliphatic rings. The molecule has 290 valence electrons. The Balaban J connectivity index is 4.07. The first-order valence-corrected chi connectivity index (χ1v) is 22.3. The third-order valence-electron chi connectivity index (χ3n) is 9.23. The van der Waals surface area contributed by atoms with Crippen molar-refractivity contribution in [2.24, 2.45) is 0 Å². The second kappa shape index (κ2) is 35.4. The lowest BCUT2D eigenvalue weighted by Gasteiger charge is -2.28. The third kappa shape index (κ3) is 38.8. The van der Waals surface area contributed by atoms with E-state index < -0.39 is 13.9 Å². The van der Waals surface area contributed by atoms with E-state index in [1.807, 2.05) is 21.1 Å². The second-order valence-electron chi connectivity index (χ2n) is 15.4. The van der Waals surface area contributed by atoms with Gasteiger partial charge in [-0.3, -0.25) is 4.57 Å². The quantitative estimate of drug-likeness (QED) is 0.0359. The third-order valence-corrected chi connectivity index (χ3v) is 10.2. The van der Waals surface area contributed by atoms with Crippen LogP contribution in [0.4, 0.5) is 0 Å². The lowest BCUT2D eigenvalue weighted by Crippen LogP contribution is -2.37. The van der Waals surface area contributed by atoms with Gasteiger partial charge in [0.1, 0.15) is 19.3 Å². The number of rotatable bonds is 40. The Labute approximate surface area is 300 Å². The van der Waals surface area contributed by atoms with Crippen LogP contribution in [0.15, 0.2) is 0 Å². The summed E-state index contributed by atoms with van der Waals surface area (Å²) in [4.78, 5) is 12.3. The average Bonchev–Trinajstić information content (AvgIpc) is 3.04. The smallest absolute Gasteiger partial charge is 0.268 e. The highest BCUT2D eigenvalue weighted by Gasteiger charge is 2.18. The summed E-state index contributed by atoms with van der Waals surface area (Å²) >= 11 is 0. The van der Waals surface area contributed by atoms with Crippen LogP contribution in [0.2, 0.25) is 0 Å². The van der Waals surface area contributed by atoms with E-state index in [0.717, 1.165) is 19.3 Å². The summed E-state index contributed by atoms with van der Waals surface area (Å²) < 4.78 is 35.3. The fourth-order valence-corrected chi connectivity index (χ4v) is 6.67. The first-order chi connectivity index (χ1) is 23.2. The largest absolute Gasteiger partial charge is 0.756 e. The van der Waals surface area contributed by atoms with Gasteiger partial charge in [0.2, 0.25) is 0 Å². The van der Waals surface area contributed by atoms with Crippen LogP contribution >= 0.6 is 7.82 Å². The molecular formula is C40H84NO6P. The highest BCUT2D eigenvalue weighted by atomic mass is 31.2. The Morgan fingerprint density at radius 1 is 0.479 bits per heavy atom. The Morgan fingerprint density at radius 3 is 1.21 bits per heavy atom. The molecule has 0 spiro atoms. The lowest BCUT2D eigenvalue weighted by molar-refractivity contribution is -0.870. The van der Waals surface area contributed by atoms with Crippen LogP contribution in [0, 0.1) is 0 Å². The van der Waals surface area contributed by atoms with Gasteiger partial charge in [0.05, 0.1) is 34.4 Å². The zero-order chi connectivity index (χ0) is 35.4. The van der Waals surface area contributed by atoms with Crippen molar-refractivity contribution in [2.45, 2.75) is 200 Å². The summed E-state index contributed by atoms with van der Waals surface area (Å²) in [7, 11) is 1.61. The summed E-state index contributed by atoms with van der Waals surface area (Å²) in [6, 6.07) is 0. The van der Waals surface area contributed by atoms with Crippen molar-refractivity contribution in [3.63, 3.8) is 0 Å². The number of hydrogen-bond acceptors (Lipinski definition) is 6. The Kier molecular flexibility index (Phi) is 35.4. The van der Waals surface area contributed by atoms with E-state index >= 15 is 0 Å². The van der Waals surface area contributed by atoms with Crippen LogP contribution in [-0.4, -0.2) is 71.3 Å². The van der Waals surface area contributed by atoms with Crippen molar-refractivity contribution in [2.75, 3.05) is 60.7 Å². The lowest BCUT2D eigenvalue weighted by atomic mass is 10.0. The van der Waals surface area contributed by atoms with Crippen LogP contribution < -0.4 is 4.89 Å². The van der Waals surface area contributed by atoms with Crippen LogP contribution in [0.3, 0.4) is 0 Å². The maximum atomic E-state index is 12.3. The minimum Gasteiger partial charge on any atom is -0.756 e. The molecule has 48 heavy (non-hydrogen) atoms. The van der Waals surface area contributed by atoms with Crippen molar-refractivity contribution in [1.82, 2.24) is 0 Å². The Morgan fingerprint density at radius 2 is 0.833 bits per heavy atom. The Hall–Kier alpha value is -0.0100. The monoisotopic (exact) mass is 706 g/mol. The van der Waals surface area contributed by atoms with Crippen molar-refractivity contribution in [3.05, 3.63) is 0 Å². The molecule has 0 aliphatic heterocycles. The van der Waals surface area contributed by atoms with Crippen molar-refractivity contribution < 1.29 is 32.5 Å². The molecule has 7 nitrogen and oxygen atoms in total. The van der Waals surface area contributed by atoms with Gasteiger partial charge in [0.15, 0.2) is 0 Å².